The van der Waals surface area contributed by atoms with Gasteiger partial charge in [0.1, 0.15) is 10.6 Å². The number of nitrogens with one attached hydrogen (secondary N) is 1. The molecule has 26 heavy (non-hydrogen) atoms. The highest BCUT2D eigenvalue weighted by molar-refractivity contribution is 7.92. The maximum Gasteiger partial charge on any atom is 0.339 e. The van der Waals surface area contributed by atoms with Gasteiger partial charge in [-0.25, -0.2) is 13.2 Å². The average molecular weight is 375 g/mol. The van der Waals surface area contributed by atoms with Gasteiger partial charge in [-0.05, 0) is 61.1 Å². The molecule has 6 nitrogen and oxygen atoms in total. The minimum atomic E-state index is -3.94. The van der Waals surface area contributed by atoms with E-state index >= 15 is 0 Å². The Labute approximate surface area is 153 Å². The Morgan fingerprint density at radius 2 is 1.69 bits per heavy atom. The van der Waals surface area contributed by atoms with Gasteiger partial charge in [0.15, 0.2) is 0 Å². The van der Waals surface area contributed by atoms with Crippen molar-refractivity contribution >= 4 is 21.7 Å². The molecular formula is C19H21NO5S. The quantitative estimate of drug-likeness (QED) is 0.812. The molecule has 0 amide bonds. The van der Waals surface area contributed by atoms with Gasteiger partial charge < -0.3 is 9.47 Å². The van der Waals surface area contributed by atoms with Crippen molar-refractivity contribution in [1.82, 2.24) is 0 Å². The predicted molar refractivity (Wildman–Crippen MR) is 98.2 cm³/mol. The summed E-state index contributed by atoms with van der Waals surface area (Å²) in [6, 6.07) is 9.80. The Hall–Kier alpha value is -2.54. The Morgan fingerprint density at radius 3 is 2.35 bits per heavy atom. The molecule has 0 aromatic heterocycles. The highest BCUT2D eigenvalue weighted by atomic mass is 32.2. The number of benzene rings is 2. The minimum absolute atomic E-state index is 0.0697. The van der Waals surface area contributed by atoms with E-state index in [1.807, 2.05) is 0 Å². The number of para-hydroxylation sites is 1. The number of sulfonamides is 1. The number of hydrogen-bond donors (Lipinski definition) is 1. The number of anilines is 1. The molecule has 1 N–H and O–H groups in total. The van der Waals surface area contributed by atoms with Crippen molar-refractivity contribution in [3.8, 4) is 5.75 Å². The number of ether oxygens (including phenoxy) is 2. The summed E-state index contributed by atoms with van der Waals surface area (Å²) < 4.78 is 38.5. The van der Waals surface area contributed by atoms with Gasteiger partial charge in [-0.1, -0.05) is 12.1 Å². The van der Waals surface area contributed by atoms with E-state index in [2.05, 4.69) is 4.72 Å². The van der Waals surface area contributed by atoms with E-state index in [-0.39, 0.29) is 16.1 Å². The van der Waals surface area contributed by atoms with Crippen LogP contribution < -0.4 is 9.46 Å². The highest BCUT2D eigenvalue weighted by Crippen LogP contribution is 2.33. The summed E-state index contributed by atoms with van der Waals surface area (Å²) in [5.74, 6) is -0.311. The topological polar surface area (TPSA) is 81.7 Å². The van der Waals surface area contributed by atoms with E-state index in [0.29, 0.717) is 5.75 Å². The van der Waals surface area contributed by atoms with E-state index in [0.717, 1.165) is 36.8 Å². The van der Waals surface area contributed by atoms with E-state index < -0.39 is 16.0 Å². The second-order valence-electron chi connectivity index (χ2n) is 6.12. The molecule has 1 aliphatic carbocycles. The van der Waals surface area contributed by atoms with Crippen molar-refractivity contribution in [3.05, 3.63) is 53.1 Å². The zero-order valence-corrected chi connectivity index (χ0v) is 15.6. The summed E-state index contributed by atoms with van der Waals surface area (Å²) in [4.78, 5) is 12.0. The first-order valence-electron chi connectivity index (χ1n) is 8.36. The molecule has 138 valence electrons. The summed E-state index contributed by atoms with van der Waals surface area (Å²) in [5, 5.41) is 0. The zero-order chi connectivity index (χ0) is 18.7. The maximum atomic E-state index is 13.0. The van der Waals surface area contributed by atoms with Crippen LogP contribution in [0.2, 0.25) is 0 Å². The van der Waals surface area contributed by atoms with Crippen LogP contribution in [0.3, 0.4) is 0 Å². The van der Waals surface area contributed by atoms with Gasteiger partial charge in [-0.2, -0.15) is 0 Å². The Morgan fingerprint density at radius 1 is 1.04 bits per heavy atom. The molecule has 2 aromatic carbocycles. The molecule has 0 radical (unpaired) electrons. The molecule has 0 spiro atoms. The SMILES string of the molecule is COC(=O)c1ccccc1NS(=O)(=O)c1cc2c(cc1OC)CCCC2. The number of hydrogen-bond acceptors (Lipinski definition) is 5. The second kappa shape index (κ2) is 7.37. The van der Waals surface area contributed by atoms with E-state index in [1.54, 1.807) is 24.3 Å². The summed E-state index contributed by atoms with van der Waals surface area (Å²) in [7, 11) is -1.24. The summed E-state index contributed by atoms with van der Waals surface area (Å²) in [6.45, 7) is 0. The third-order valence-corrected chi connectivity index (χ3v) is 5.88. The molecule has 1 aliphatic rings. The first-order chi connectivity index (χ1) is 12.5. The molecule has 0 aliphatic heterocycles. The molecule has 0 saturated carbocycles. The first kappa shape index (κ1) is 18.3. The van der Waals surface area contributed by atoms with Crippen molar-refractivity contribution < 1.29 is 22.7 Å². The van der Waals surface area contributed by atoms with Crippen molar-refractivity contribution in [3.63, 3.8) is 0 Å². The number of aryl methyl sites for hydroxylation is 2. The molecule has 0 unspecified atom stereocenters. The van der Waals surface area contributed by atoms with Crippen LogP contribution in [0.5, 0.6) is 5.75 Å². The van der Waals surface area contributed by atoms with Crippen LogP contribution in [-0.4, -0.2) is 28.6 Å². The van der Waals surface area contributed by atoms with Crippen LogP contribution in [0, 0.1) is 0 Å². The first-order valence-corrected chi connectivity index (χ1v) is 9.84. The second-order valence-corrected chi connectivity index (χ2v) is 7.77. The third kappa shape index (κ3) is 3.53. The number of fused-ring (bicyclic) bond motifs is 1. The lowest BCUT2D eigenvalue weighted by atomic mass is 9.92. The Bertz CT molecular complexity index is 937. The van der Waals surface area contributed by atoms with Gasteiger partial charge in [-0.15, -0.1) is 0 Å². The average Bonchev–Trinajstić information content (AvgIpc) is 2.66. The van der Waals surface area contributed by atoms with Gasteiger partial charge in [0, 0.05) is 0 Å². The number of carbonyl (C=O) groups excluding carboxylic acids is 1. The standard InChI is InChI=1S/C19H21NO5S/c1-24-17-11-13-7-3-4-8-14(13)12-18(17)26(22,23)20-16-10-6-5-9-15(16)19(21)25-2/h5-6,9-12,20H,3-4,7-8H2,1-2H3. The van der Waals surface area contributed by atoms with Crippen molar-refractivity contribution in [2.24, 2.45) is 0 Å². The molecular weight excluding hydrogens is 354 g/mol. The molecule has 0 heterocycles. The van der Waals surface area contributed by atoms with Crippen LogP contribution in [-0.2, 0) is 27.6 Å². The zero-order valence-electron chi connectivity index (χ0n) is 14.7. The molecule has 0 saturated heterocycles. The van der Waals surface area contributed by atoms with Gasteiger partial charge in [0.2, 0.25) is 0 Å². The number of methoxy groups -OCH3 is 2. The van der Waals surface area contributed by atoms with Crippen LogP contribution in [0.1, 0.15) is 34.3 Å². The number of esters is 1. The van der Waals surface area contributed by atoms with Crippen molar-refractivity contribution in [2.45, 2.75) is 30.6 Å². The number of rotatable bonds is 5. The van der Waals surface area contributed by atoms with E-state index in [1.165, 1.54) is 26.4 Å². The third-order valence-electron chi connectivity index (χ3n) is 4.49. The molecule has 0 fully saturated rings. The lowest BCUT2D eigenvalue weighted by Gasteiger charge is -2.20. The van der Waals surface area contributed by atoms with Crippen LogP contribution in [0.25, 0.3) is 0 Å². The summed E-state index contributed by atoms with van der Waals surface area (Å²) in [6.07, 6.45) is 3.90. The lowest BCUT2D eigenvalue weighted by Crippen LogP contribution is -2.18. The van der Waals surface area contributed by atoms with Gasteiger partial charge in [-0.3, -0.25) is 4.72 Å². The fourth-order valence-corrected chi connectivity index (χ4v) is 4.45. The molecule has 2 aromatic rings. The fraction of sp³-hybridized carbons (Fsp3) is 0.316. The molecule has 3 rings (SSSR count). The Kier molecular flexibility index (Phi) is 5.18. The van der Waals surface area contributed by atoms with Crippen LogP contribution >= 0.6 is 0 Å². The monoisotopic (exact) mass is 375 g/mol. The predicted octanol–water partition coefficient (Wildman–Crippen LogP) is 3.16. The van der Waals surface area contributed by atoms with E-state index in [9.17, 15) is 13.2 Å². The number of carbonyl (C=O) groups is 1. The van der Waals surface area contributed by atoms with Crippen LogP contribution in [0.4, 0.5) is 5.69 Å². The van der Waals surface area contributed by atoms with Crippen LogP contribution in [0.15, 0.2) is 41.3 Å². The molecule has 0 atom stereocenters. The summed E-state index contributed by atoms with van der Waals surface area (Å²) in [5.41, 5.74) is 2.47. The van der Waals surface area contributed by atoms with E-state index in [4.69, 9.17) is 9.47 Å². The minimum Gasteiger partial charge on any atom is -0.495 e. The largest absolute Gasteiger partial charge is 0.495 e. The lowest BCUT2D eigenvalue weighted by molar-refractivity contribution is 0.0602. The van der Waals surface area contributed by atoms with Gasteiger partial charge >= 0.3 is 5.97 Å². The van der Waals surface area contributed by atoms with Gasteiger partial charge in [0.25, 0.3) is 10.0 Å². The van der Waals surface area contributed by atoms with Crippen molar-refractivity contribution in [2.75, 3.05) is 18.9 Å². The van der Waals surface area contributed by atoms with Gasteiger partial charge in [0.05, 0.1) is 25.5 Å². The highest BCUT2D eigenvalue weighted by Gasteiger charge is 2.25. The maximum absolute atomic E-state index is 13.0. The molecule has 7 heteroatoms. The smallest absolute Gasteiger partial charge is 0.339 e. The van der Waals surface area contributed by atoms with Crippen molar-refractivity contribution in [1.29, 1.82) is 0 Å². The molecule has 0 bridgehead atoms. The normalized spacial score (nSPS) is 13.6. The fourth-order valence-electron chi connectivity index (χ4n) is 3.17. The summed E-state index contributed by atoms with van der Waals surface area (Å²) >= 11 is 0. The Balaban J connectivity index is 2.03.